The van der Waals surface area contributed by atoms with Crippen LogP contribution in [0.3, 0.4) is 0 Å². The molecule has 1 aromatic rings. The molecule has 2 rings (SSSR count). The second-order valence-corrected chi connectivity index (χ2v) is 6.57. The standard InChI is InChI=1S/C15H23IN2/c1-3-15(4-2)7-9-18(10-8-15)14-6-5-12(17)11-13(14)16/h5-6,11H,3-4,7-10,17H2,1-2H3. The van der Waals surface area contributed by atoms with E-state index in [1.54, 1.807) is 0 Å². The lowest BCUT2D eigenvalue weighted by Gasteiger charge is -2.42. The second kappa shape index (κ2) is 5.68. The first-order valence-electron chi connectivity index (χ1n) is 6.90. The van der Waals surface area contributed by atoms with Crippen molar-refractivity contribution in [1.29, 1.82) is 0 Å². The maximum Gasteiger partial charge on any atom is 0.0503 e. The number of benzene rings is 1. The van der Waals surface area contributed by atoms with Gasteiger partial charge < -0.3 is 10.6 Å². The van der Waals surface area contributed by atoms with Gasteiger partial charge in [0.05, 0.1) is 5.69 Å². The van der Waals surface area contributed by atoms with Gasteiger partial charge in [0.25, 0.3) is 0 Å². The third-order valence-electron chi connectivity index (χ3n) is 4.64. The van der Waals surface area contributed by atoms with Crippen molar-refractivity contribution in [2.45, 2.75) is 39.5 Å². The molecule has 0 aromatic heterocycles. The van der Waals surface area contributed by atoms with E-state index in [1.807, 2.05) is 6.07 Å². The van der Waals surface area contributed by atoms with Crippen molar-refractivity contribution in [2.75, 3.05) is 23.7 Å². The van der Waals surface area contributed by atoms with Gasteiger partial charge >= 0.3 is 0 Å². The van der Waals surface area contributed by atoms with E-state index in [0.29, 0.717) is 5.41 Å². The van der Waals surface area contributed by atoms with Crippen molar-refractivity contribution in [3.05, 3.63) is 21.8 Å². The highest BCUT2D eigenvalue weighted by atomic mass is 127. The maximum absolute atomic E-state index is 5.82. The number of hydrogen-bond donors (Lipinski definition) is 1. The van der Waals surface area contributed by atoms with Crippen molar-refractivity contribution < 1.29 is 0 Å². The normalized spacial score (nSPS) is 18.9. The average molecular weight is 358 g/mol. The Bertz CT molecular complexity index is 403. The summed E-state index contributed by atoms with van der Waals surface area (Å²) in [6.07, 6.45) is 5.27. The van der Waals surface area contributed by atoms with E-state index in [-0.39, 0.29) is 0 Å². The van der Waals surface area contributed by atoms with Gasteiger partial charge in [-0.1, -0.05) is 26.7 Å². The Morgan fingerprint density at radius 1 is 1.22 bits per heavy atom. The van der Waals surface area contributed by atoms with Gasteiger partial charge in [0.1, 0.15) is 0 Å². The summed E-state index contributed by atoms with van der Waals surface area (Å²) in [6, 6.07) is 6.25. The Kier molecular flexibility index (Phi) is 4.41. The molecule has 0 saturated carbocycles. The number of nitrogens with zero attached hydrogens (tertiary/aromatic N) is 1. The molecule has 2 nitrogen and oxygen atoms in total. The zero-order valence-electron chi connectivity index (χ0n) is 11.4. The highest BCUT2D eigenvalue weighted by molar-refractivity contribution is 14.1. The molecule has 0 bridgehead atoms. The number of halogens is 1. The molecule has 0 atom stereocenters. The average Bonchev–Trinajstić information content (AvgIpc) is 2.39. The third-order valence-corrected chi connectivity index (χ3v) is 5.50. The van der Waals surface area contributed by atoms with Crippen molar-refractivity contribution in [1.82, 2.24) is 0 Å². The topological polar surface area (TPSA) is 29.3 Å². The van der Waals surface area contributed by atoms with E-state index >= 15 is 0 Å². The van der Waals surface area contributed by atoms with E-state index < -0.39 is 0 Å². The Morgan fingerprint density at radius 3 is 2.33 bits per heavy atom. The predicted molar refractivity (Wildman–Crippen MR) is 88.0 cm³/mol. The number of nitrogens with two attached hydrogens (primary N) is 1. The highest BCUT2D eigenvalue weighted by Gasteiger charge is 2.31. The third kappa shape index (κ3) is 2.76. The summed E-state index contributed by atoms with van der Waals surface area (Å²) in [4.78, 5) is 2.52. The first kappa shape index (κ1) is 14.0. The van der Waals surface area contributed by atoms with Crippen molar-refractivity contribution >= 4 is 34.0 Å². The van der Waals surface area contributed by atoms with Gasteiger partial charge in [-0.15, -0.1) is 0 Å². The molecule has 0 unspecified atom stereocenters. The Hall–Kier alpha value is -0.450. The maximum atomic E-state index is 5.82. The molecule has 0 radical (unpaired) electrons. The largest absolute Gasteiger partial charge is 0.399 e. The summed E-state index contributed by atoms with van der Waals surface area (Å²) < 4.78 is 1.27. The van der Waals surface area contributed by atoms with Gasteiger partial charge in [0.15, 0.2) is 0 Å². The summed E-state index contributed by atoms with van der Waals surface area (Å²) >= 11 is 2.39. The van der Waals surface area contributed by atoms with E-state index in [4.69, 9.17) is 5.73 Å². The van der Waals surface area contributed by atoms with Gasteiger partial charge in [-0.2, -0.15) is 0 Å². The van der Waals surface area contributed by atoms with Crippen LogP contribution in [-0.4, -0.2) is 13.1 Å². The molecule has 18 heavy (non-hydrogen) atoms. The SMILES string of the molecule is CCC1(CC)CCN(c2ccc(N)cc2I)CC1. The minimum atomic E-state index is 0.593. The molecule has 1 aromatic carbocycles. The quantitative estimate of drug-likeness (QED) is 0.646. The summed E-state index contributed by atoms with van der Waals surface area (Å²) in [5.74, 6) is 0. The van der Waals surface area contributed by atoms with Crippen LogP contribution in [0, 0.1) is 8.99 Å². The second-order valence-electron chi connectivity index (χ2n) is 5.41. The lowest BCUT2D eigenvalue weighted by atomic mass is 9.74. The smallest absolute Gasteiger partial charge is 0.0503 e. The molecular weight excluding hydrogens is 335 g/mol. The van der Waals surface area contributed by atoms with Crippen LogP contribution in [0.5, 0.6) is 0 Å². The van der Waals surface area contributed by atoms with Crippen LogP contribution in [-0.2, 0) is 0 Å². The summed E-state index contributed by atoms with van der Waals surface area (Å²) in [6.45, 7) is 7.04. The van der Waals surface area contributed by atoms with E-state index in [2.05, 4.69) is 53.5 Å². The predicted octanol–water partition coefficient (Wildman–Crippen LogP) is 4.28. The number of rotatable bonds is 3. The molecule has 3 heteroatoms. The molecule has 1 aliphatic heterocycles. The molecule has 1 fully saturated rings. The summed E-state index contributed by atoms with van der Waals surface area (Å²) in [7, 11) is 0. The molecule has 1 heterocycles. The Labute approximate surface area is 124 Å². The van der Waals surface area contributed by atoms with Gasteiger partial charge in [0.2, 0.25) is 0 Å². The van der Waals surface area contributed by atoms with Gasteiger partial charge in [-0.05, 0) is 59.0 Å². The lowest BCUT2D eigenvalue weighted by Crippen LogP contribution is -2.39. The van der Waals surface area contributed by atoms with Crippen LogP contribution in [0.4, 0.5) is 11.4 Å². The highest BCUT2D eigenvalue weighted by Crippen LogP contribution is 2.39. The van der Waals surface area contributed by atoms with Gasteiger partial charge in [-0.25, -0.2) is 0 Å². The molecular formula is C15H23IN2. The first-order valence-corrected chi connectivity index (χ1v) is 7.98. The number of anilines is 2. The van der Waals surface area contributed by atoms with Gasteiger partial charge in [-0.3, -0.25) is 0 Å². The van der Waals surface area contributed by atoms with Crippen LogP contribution in [0.2, 0.25) is 0 Å². The summed E-state index contributed by atoms with van der Waals surface area (Å²) in [5, 5.41) is 0. The minimum absolute atomic E-state index is 0.593. The first-order chi connectivity index (χ1) is 8.60. The van der Waals surface area contributed by atoms with Crippen LogP contribution in [0.1, 0.15) is 39.5 Å². The summed E-state index contributed by atoms with van der Waals surface area (Å²) in [5.41, 5.74) is 8.62. The fourth-order valence-corrected chi connectivity index (χ4v) is 3.84. The van der Waals surface area contributed by atoms with Crippen molar-refractivity contribution in [2.24, 2.45) is 5.41 Å². The Morgan fingerprint density at radius 2 is 1.83 bits per heavy atom. The Balaban J connectivity index is 2.10. The molecule has 0 amide bonds. The zero-order chi connectivity index (χ0) is 13.2. The van der Waals surface area contributed by atoms with Crippen molar-refractivity contribution in [3.8, 4) is 0 Å². The fourth-order valence-electron chi connectivity index (χ4n) is 2.96. The molecule has 100 valence electrons. The van der Waals surface area contributed by atoms with E-state index in [9.17, 15) is 0 Å². The van der Waals surface area contributed by atoms with Crippen LogP contribution < -0.4 is 10.6 Å². The number of hydrogen-bond acceptors (Lipinski definition) is 2. The molecule has 0 aliphatic carbocycles. The van der Waals surface area contributed by atoms with Crippen LogP contribution in [0.15, 0.2) is 18.2 Å². The number of nitrogen functional groups attached to an aromatic ring is 1. The molecule has 1 aliphatic rings. The number of piperidine rings is 1. The van der Waals surface area contributed by atoms with Crippen LogP contribution in [0.25, 0.3) is 0 Å². The fraction of sp³-hybridized carbons (Fsp3) is 0.600. The lowest BCUT2D eigenvalue weighted by molar-refractivity contribution is 0.199. The monoisotopic (exact) mass is 358 g/mol. The zero-order valence-corrected chi connectivity index (χ0v) is 13.5. The minimum Gasteiger partial charge on any atom is -0.399 e. The molecule has 0 spiro atoms. The van der Waals surface area contributed by atoms with Gasteiger partial charge in [0, 0.05) is 22.3 Å². The molecule has 1 saturated heterocycles. The van der Waals surface area contributed by atoms with E-state index in [0.717, 1.165) is 5.69 Å². The van der Waals surface area contributed by atoms with Crippen molar-refractivity contribution in [3.63, 3.8) is 0 Å². The molecule has 2 N–H and O–H groups in total. The van der Waals surface area contributed by atoms with Crippen LogP contribution >= 0.6 is 22.6 Å². The van der Waals surface area contributed by atoms with E-state index in [1.165, 1.54) is 48.0 Å².